The minimum atomic E-state index is 0.463. The first-order valence-electron chi connectivity index (χ1n) is 7.58. The van der Waals surface area contributed by atoms with Gasteiger partial charge >= 0.3 is 0 Å². The van der Waals surface area contributed by atoms with Crippen LogP contribution in [0.1, 0.15) is 5.56 Å². The zero-order valence-electron chi connectivity index (χ0n) is 12.8. The smallest absolute Gasteiger partial charge is 0.216 e. The molecule has 0 atom stereocenters. The molecule has 1 heterocycles. The molecule has 0 bridgehead atoms. The molecule has 5 heteroatoms. The number of aromatic amines is 1. The molecule has 116 valence electrons. The maximum absolute atomic E-state index is 5.32. The van der Waals surface area contributed by atoms with Crippen molar-refractivity contribution in [1.29, 1.82) is 0 Å². The average Bonchev–Trinajstić information content (AvgIpc) is 3.01. The van der Waals surface area contributed by atoms with E-state index in [9.17, 15) is 0 Å². The van der Waals surface area contributed by atoms with E-state index >= 15 is 0 Å². The largest absolute Gasteiger partial charge is 0.250 e. The summed E-state index contributed by atoms with van der Waals surface area (Å²) in [5, 5.41) is 14.0. The van der Waals surface area contributed by atoms with Crippen LogP contribution in [0.2, 0.25) is 0 Å². The number of rotatable bonds is 3. The zero-order valence-corrected chi connectivity index (χ0v) is 13.6. The van der Waals surface area contributed by atoms with Crippen molar-refractivity contribution in [2.75, 3.05) is 0 Å². The fourth-order valence-corrected chi connectivity index (χ4v) is 2.84. The Bertz CT molecular complexity index is 1070. The third-order valence-corrected chi connectivity index (χ3v) is 4.08. The zero-order chi connectivity index (χ0) is 16.4. The summed E-state index contributed by atoms with van der Waals surface area (Å²) >= 11 is 5.32. The van der Waals surface area contributed by atoms with Crippen LogP contribution in [0, 0.1) is 4.77 Å². The molecular weight excluding hydrogens is 316 g/mol. The lowest BCUT2D eigenvalue weighted by Gasteiger charge is -2.03. The second-order valence-corrected chi connectivity index (χ2v) is 5.73. The number of nitrogens with one attached hydrogen (secondary N) is 1. The normalized spacial score (nSPS) is 11.3. The fraction of sp³-hybridized carbons (Fsp3) is 0. The quantitative estimate of drug-likeness (QED) is 0.439. The highest BCUT2D eigenvalue weighted by Gasteiger charge is 2.07. The third-order valence-electron chi connectivity index (χ3n) is 3.82. The Hall–Kier alpha value is -3.05. The highest BCUT2D eigenvalue weighted by Crippen LogP contribution is 2.19. The Labute approximate surface area is 144 Å². The number of H-pyrrole nitrogens is 1. The summed E-state index contributed by atoms with van der Waals surface area (Å²) in [5.41, 5.74) is 2.00. The Morgan fingerprint density at radius 2 is 1.67 bits per heavy atom. The number of hydrogen-bond acceptors (Lipinski definition) is 3. The van der Waals surface area contributed by atoms with E-state index in [0.29, 0.717) is 10.6 Å². The van der Waals surface area contributed by atoms with Crippen LogP contribution in [-0.4, -0.2) is 21.1 Å². The van der Waals surface area contributed by atoms with Crippen LogP contribution < -0.4 is 0 Å². The minimum Gasteiger partial charge on any atom is -0.250 e. The molecule has 0 aliphatic rings. The molecule has 1 N–H and O–H groups in total. The van der Waals surface area contributed by atoms with Crippen LogP contribution >= 0.6 is 12.2 Å². The highest BCUT2D eigenvalue weighted by molar-refractivity contribution is 7.71. The highest BCUT2D eigenvalue weighted by atomic mass is 32.1. The molecule has 0 radical (unpaired) electrons. The second-order valence-electron chi connectivity index (χ2n) is 5.34. The molecule has 0 amide bonds. The van der Waals surface area contributed by atoms with Crippen molar-refractivity contribution in [3.05, 3.63) is 83.1 Å². The van der Waals surface area contributed by atoms with Gasteiger partial charge in [-0.3, -0.25) is 0 Å². The van der Waals surface area contributed by atoms with Crippen molar-refractivity contribution >= 4 is 29.2 Å². The molecule has 4 rings (SSSR count). The average molecular weight is 330 g/mol. The van der Waals surface area contributed by atoms with E-state index in [2.05, 4.69) is 33.5 Å². The molecule has 0 aliphatic heterocycles. The molecule has 0 saturated heterocycles. The van der Waals surface area contributed by atoms with Crippen LogP contribution in [0.4, 0.5) is 0 Å². The van der Waals surface area contributed by atoms with Crippen LogP contribution in [0.15, 0.2) is 77.9 Å². The van der Waals surface area contributed by atoms with Gasteiger partial charge in [0.25, 0.3) is 0 Å². The molecule has 0 aliphatic carbocycles. The number of aromatic nitrogens is 3. The van der Waals surface area contributed by atoms with Crippen molar-refractivity contribution in [3.8, 4) is 11.4 Å². The van der Waals surface area contributed by atoms with E-state index in [4.69, 9.17) is 12.2 Å². The fourth-order valence-electron chi connectivity index (χ4n) is 2.66. The van der Waals surface area contributed by atoms with Gasteiger partial charge in [0.05, 0.1) is 6.21 Å². The number of hydrogen-bond donors (Lipinski definition) is 1. The Morgan fingerprint density at radius 1 is 0.917 bits per heavy atom. The SMILES string of the molecule is S=c1[nH]nc(-c2ccccc2)n1N=Cc1cccc2ccccc12. The van der Waals surface area contributed by atoms with E-state index in [1.165, 1.54) is 5.39 Å². The first-order valence-corrected chi connectivity index (χ1v) is 7.99. The maximum Gasteiger partial charge on any atom is 0.216 e. The predicted molar refractivity (Wildman–Crippen MR) is 99.8 cm³/mol. The summed E-state index contributed by atoms with van der Waals surface area (Å²) in [7, 11) is 0. The van der Waals surface area contributed by atoms with E-state index < -0.39 is 0 Å². The second kappa shape index (κ2) is 6.22. The van der Waals surface area contributed by atoms with Crippen molar-refractivity contribution in [1.82, 2.24) is 14.9 Å². The van der Waals surface area contributed by atoms with Crippen molar-refractivity contribution in [3.63, 3.8) is 0 Å². The van der Waals surface area contributed by atoms with Gasteiger partial charge in [0.1, 0.15) is 0 Å². The van der Waals surface area contributed by atoms with Crippen molar-refractivity contribution < 1.29 is 0 Å². The molecule has 24 heavy (non-hydrogen) atoms. The van der Waals surface area contributed by atoms with Crippen LogP contribution in [0.25, 0.3) is 22.2 Å². The van der Waals surface area contributed by atoms with Gasteiger partial charge in [0.2, 0.25) is 4.77 Å². The Balaban J connectivity index is 1.80. The predicted octanol–water partition coefficient (Wildman–Crippen LogP) is 4.64. The van der Waals surface area contributed by atoms with E-state index in [-0.39, 0.29) is 0 Å². The van der Waals surface area contributed by atoms with E-state index in [1.54, 1.807) is 4.68 Å². The summed E-state index contributed by atoms with van der Waals surface area (Å²) in [6, 6.07) is 24.2. The van der Waals surface area contributed by atoms with Crippen molar-refractivity contribution in [2.45, 2.75) is 0 Å². The van der Waals surface area contributed by atoms with E-state index in [1.807, 2.05) is 60.8 Å². The number of fused-ring (bicyclic) bond motifs is 1. The van der Waals surface area contributed by atoms with Gasteiger partial charge in [-0.15, -0.1) is 0 Å². The topological polar surface area (TPSA) is 46.0 Å². The van der Waals surface area contributed by atoms with Crippen LogP contribution in [-0.2, 0) is 0 Å². The summed E-state index contributed by atoms with van der Waals surface area (Å²) in [5.74, 6) is 0.692. The van der Waals surface area contributed by atoms with Gasteiger partial charge in [-0.05, 0) is 23.0 Å². The van der Waals surface area contributed by atoms with Gasteiger partial charge in [-0.25, -0.2) is 5.10 Å². The molecule has 0 unspecified atom stereocenters. The van der Waals surface area contributed by atoms with Crippen LogP contribution in [0.5, 0.6) is 0 Å². The number of nitrogens with zero attached hydrogens (tertiary/aromatic N) is 3. The molecule has 0 fully saturated rings. The summed E-state index contributed by atoms with van der Waals surface area (Å²) in [6.07, 6.45) is 1.82. The molecule has 0 spiro atoms. The third kappa shape index (κ3) is 2.66. The standard InChI is InChI=1S/C19H14N4S/c24-19-22-21-18(15-8-2-1-3-9-15)23(19)20-13-16-11-6-10-14-7-4-5-12-17(14)16/h1-13H,(H,22,24). The molecule has 0 saturated carbocycles. The van der Waals surface area contributed by atoms with Gasteiger partial charge in [-0.2, -0.15) is 14.9 Å². The minimum absolute atomic E-state index is 0.463. The molecule has 4 nitrogen and oxygen atoms in total. The van der Waals surface area contributed by atoms with Gasteiger partial charge in [0.15, 0.2) is 5.82 Å². The molecule has 4 aromatic rings. The first-order chi connectivity index (χ1) is 11.8. The lowest BCUT2D eigenvalue weighted by Crippen LogP contribution is -1.95. The summed E-state index contributed by atoms with van der Waals surface area (Å²) in [4.78, 5) is 0. The molecule has 3 aromatic carbocycles. The Morgan fingerprint density at radius 3 is 2.54 bits per heavy atom. The van der Waals surface area contributed by atoms with Gasteiger partial charge in [-0.1, -0.05) is 72.8 Å². The first kappa shape index (κ1) is 14.5. The Kier molecular flexibility index (Phi) is 3.76. The van der Waals surface area contributed by atoms with Gasteiger partial charge in [0, 0.05) is 11.1 Å². The van der Waals surface area contributed by atoms with Crippen LogP contribution in [0.3, 0.4) is 0 Å². The summed E-state index contributed by atoms with van der Waals surface area (Å²) in [6.45, 7) is 0. The lowest BCUT2D eigenvalue weighted by atomic mass is 10.1. The molecule has 1 aromatic heterocycles. The van der Waals surface area contributed by atoms with E-state index in [0.717, 1.165) is 16.5 Å². The maximum atomic E-state index is 5.32. The summed E-state index contributed by atoms with van der Waals surface area (Å²) < 4.78 is 2.11. The number of benzene rings is 3. The van der Waals surface area contributed by atoms with Gasteiger partial charge < -0.3 is 0 Å². The van der Waals surface area contributed by atoms with Crippen molar-refractivity contribution in [2.24, 2.45) is 5.10 Å². The monoisotopic (exact) mass is 330 g/mol. The lowest BCUT2D eigenvalue weighted by molar-refractivity contribution is 0.872. The molecular formula is C19H14N4S.